The highest BCUT2D eigenvalue weighted by Gasteiger charge is 2.24. The quantitative estimate of drug-likeness (QED) is 0.722. The van der Waals surface area contributed by atoms with E-state index in [0.717, 1.165) is 37.1 Å². The first kappa shape index (κ1) is 18.1. The van der Waals surface area contributed by atoms with Crippen molar-refractivity contribution in [1.29, 1.82) is 0 Å². The van der Waals surface area contributed by atoms with Gasteiger partial charge in [-0.2, -0.15) is 0 Å². The minimum Gasteiger partial charge on any atom is -0.390 e. The molecule has 0 aliphatic heterocycles. The Morgan fingerprint density at radius 1 is 1.17 bits per heavy atom. The Kier molecular flexibility index (Phi) is 6.33. The number of carbonyl (C=O) groups excluding carboxylic acids is 1. The number of hydrogen-bond acceptors (Lipinski definition) is 3. The Bertz CT molecular complexity index is 694. The molecule has 0 saturated heterocycles. The molecular weight excluding hydrogens is 351 g/mol. The van der Waals surface area contributed by atoms with E-state index in [0.29, 0.717) is 20.6 Å². The summed E-state index contributed by atoms with van der Waals surface area (Å²) in [4.78, 5) is 14.8. The van der Waals surface area contributed by atoms with Crippen molar-refractivity contribution < 1.29 is 4.79 Å². The van der Waals surface area contributed by atoms with Crippen LogP contribution in [0.15, 0.2) is 23.6 Å². The third-order valence-electron chi connectivity index (χ3n) is 3.53. The molecule has 0 atom stereocenters. The molecule has 0 aliphatic carbocycles. The highest BCUT2D eigenvalue weighted by molar-refractivity contribution is 7.15. The van der Waals surface area contributed by atoms with Crippen LogP contribution in [0.3, 0.4) is 0 Å². The summed E-state index contributed by atoms with van der Waals surface area (Å²) in [6, 6.07) is 5.27. The van der Waals surface area contributed by atoms with Crippen LogP contribution in [0.5, 0.6) is 0 Å². The van der Waals surface area contributed by atoms with Crippen molar-refractivity contribution in [1.82, 2.24) is 4.90 Å². The van der Waals surface area contributed by atoms with Gasteiger partial charge in [-0.15, -0.1) is 11.3 Å². The topological polar surface area (TPSA) is 46.3 Å². The van der Waals surface area contributed by atoms with Crippen LogP contribution in [0.25, 0.3) is 11.1 Å². The van der Waals surface area contributed by atoms with Gasteiger partial charge in [-0.25, -0.2) is 0 Å². The minimum absolute atomic E-state index is 0.0338. The third-order valence-corrected chi connectivity index (χ3v) is 4.89. The largest absolute Gasteiger partial charge is 0.390 e. The Morgan fingerprint density at radius 3 is 2.39 bits per heavy atom. The molecule has 23 heavy (non-hydrogen) atoms. The minimum atomic E-state index is -0.0338. The zero-order chi connectivity index (χ0) is 17.0. The van der Waals surface area contributed by atoms with Crippen molar-refractivity contribution in [2.45, 2.75) is 26.7 Å². The molecule has 1 aromatic heterocycles. The molecule has 0 aliphatic rings. The fourth-order valence-electron chi connectivity index (χ4n) is 2.51. The van der Waals surface area contributed by atoms with Crippen LogP contribution in [-0.4, -0.2) is 23.9 Å². The number of rotatable bonds is 6. The zero-order valence-corrected chi connectivity index (χ0v) is 15.6. The Labute approximate surface area is 151 Å². The second-order valence-electron chi connectivity index (χ2n) is 5.30. The predicted octanol–water partition coefficient (Wildman–Crippen LogP) is 5.57. The van der Waals surface area contributed by atoms with Crippen LogP contribution >= 0.6 is 34.5 Å². The van der Waals surface area contributed by atoms with Crippen molar-refractivity contribution >= 4 is 45.4 Å². The molecule has 0 radical (unpaired) electrons. The molecule has 0 spiro atoms. The van der Waals surface area contributed by atoms with Gasteiger partial charge in [0, 0.05) is 39.6 Å². The van der Waals surface area contributed by atoms with Gasteiger partial charge in [-0.1, -0.05) is 43.1 Å². The van der Waals surface area contributed by atoms with Crippen LogP contribution < -0.4 is 5.73 Å². The van der Waals surface area contributed by atoms with Crippen molar-refractivity contribution in [2.75, 3.05) is 18.8 Å². The molecule has 2 aromatic rings. The monoisotopic (exact) mass is 370 g/mol. The number of carbonyl (C=O) groups is 1. The van der Waals surface area contributed by atoms with Gasteiger partial charge in [0.25, 0.3) is 5.91 Å². The fraction of sp³-hybridized carbons (Fsp3) is 0.353. The first-order valence-electron chi connectivity index (χ1n) is 7.61. The lowest BCUT2D eigenvalue weighted by molar-refractivity contribution is 0.0758. The smallest absolute Gasteiger partial charge is 0.257 e. The molecule has 2 N–H and O–H groups in total. The summed E-state index contributed by atoms with van der Waals surface area (Å²) in [5, 5.41) is 3.48. The number of nitrogens with two attached hydrogens (primary N) is 1. The first-order chi connectivity index (χ1) is 11.0. The van der Waals surface area contributed by atoms with E-state index < -0.39 is 0 Å². The Hall–Kier alpha value is -1.23. The number of nitrogens with zero attached hydrogens (tertiary/aromatic N) is 1. The van der Waals surface area contributed by atoms with E-state index in [2.05, 4.69) is 13.8 Å². The molecule has 124 valence electrons. The molecule has 0 bridgehead atoms. The number of anilines is 1. The molecule has 1 amide bonds. The van der Waals surface area contributed by atoms with Gasteiger partial charge in [-0.05, 0) is 25.0 Å². The average molecular weight is 371 g/mol. The average Bonchev–Trinajstić information content (AvgIpc) is 2.88. The van der Waals surface area contributed by atoms with Crippen molar-refractivity contribution in [3.63, 3.8) is 0 Å². The maximum Gasteiger partial charge on any atom is 0.257 e. The maximum atomic E-state index is 13.0. The van der Waals surface area contributed by atoms with Gasteiger partial charge in [-0.3, -0.25) is 4.79 Å². The lowest BCUT2D eigenvalue weighted by Gasteiger charge is -2.22. The number of halogens is 2. The second kappa shape index (κ2) is 8.04. The number of nitrogen functional groups attached to an aromatic ring is 1. The zero-order valence-electron chi connectivity index (χ0n) is 13.2. The van der Waals surface area contributed by atoms with E-state index in [-0.39, 0.29) is 5.91 Å². The standard InChI is InChI=1S/C17H20Cl2N2OS/c1-3-7-21(8-4-2)17(22)15-13(10-23-16(15)20)12-6-5-11(18)9-14(12)19/h5-6,9-10H,3-4,7-8,20H2,1-2H3. The van der Waals surface area contributed by atoms with E-state index in [1.807, 2.05) is 16.3 Å². The Balaban J connectivity index is 2.47. The predicted molar refractivity (Wildman–Crippen MR) is 101 cm³/mol. The molecule has 1 heterocycles. The molecule has 3 nitrogen and oxygen atoms in total. The summed E-state index contributed by atoms with van der Waals surface area (Å²) in [6.07, 6.45) is 1.82. The van der Waals surface area contributed by atoms with E-state index in [1.54, 1.807) is 12.1 Å². The molecule has 0 fully saturated rings. The van der Waals surface area contributed by atoms with E-state index >= 15 is 0 Å². The van der Waals surface area contributed by atoms with Crippen molar-refractivity contribution in [3.8, 4) is 11.1 Å². The van der Waals surface area contributed by atoms with Gasteiger partial charge < -0.3 is 10.6 Å². The van der Waals surface area contributed by atoms with Gasteiger partial charge in [0.05, 0.1) is 10.6 Å². The molecule has 6 heteroatoms. The van der Waals surface area contributed by atoms with Crippen LogP contribution in [0.2, 0.25) is 10.0 Å². The van der Waals surface area contributed by atoms with Crippen molar-refractivity contribution in [2.24, 2.45) is 0 Å². The Morgan fingerprint density at radius 2 is 1.83 bits per heavy atom. The third kappa shape index (κ3) is 4.00. The van der Waals surface area contributed by atoms with Gasteiger partial charge in [0.15, 0.2) is 0 Å². The highest BCUT2D eigenvalue weighted by atomic mass is 35.5. The second-order valence-corrected chi connectivity index (χ2v) is 7.06. The molecule has 2 rings (SSSR count). The summed E-state index contributed by atoms with van der Waals surface area (Å²) in [6.45, 7) is 5.55. The SMILES string of the molecule is CCCN(CCC)C(=O)c1c(-c2ccc(Cl)cc2Cl)csc1N. The molecular formula is C17H20Cl2N2OS. The van der Waals surface area contributed by atoms with Gasteiger partial charge >= 0.3 is 0 Å². The number of hydrogen-bond donors (Lipinski definition) is 1. The number of benzene rings is 1. The van der Waals surface area contributed by atoms with E-state index in [4.69, 9.17) is 28.9 Å². The van der Waals surface area contributed by atoms with E-state index in [9.17, 15) is 4.79 Å². The summed E-state index contributed by atoms with van der Waals surface area (Å²) in [5.41, 5.74) is 8.19. The lowest BCUT2D eigenvalue weighted by atomic mass is 10.0. The summed E-state index contributed by atoms with van der Waals surface area (Å²) in [7, 11) is 0. The number of thiophene rings is 1. The van der Waals surface area contributed by atoms with Crippen LogP contribution in [-0.2, 0) is 0 Å². The first-order valence-corrected chi connectivity index (χ1v) is 9.24. The maximum absolute atomic E-state index is 13.0. The normalized spacial score (nSPS) is 10.8. The van der Waals surface area contributed by atoms with E-state index in [1.165, 1.54) is 11.3 Å². The fourth-order valence-corrected chi connectivity index (χ4v) is 3.83. The van der Waals surface area contributed by atoms with Crippen molar-refractivity contribution in [3.05, 3.63) is 39.2 Å². The van der Waals surface area contributed by atoms with Crippen LogP contribution in [0.1, 0.15) is 37.0 Å². The number of amides is 1. The molecule has 0 unspecified atom stereocenters. The lowest BCUT2D eigenvalue weighted by Crippen LogP contribution is -2.33. The summed E-state index contributed by atoms with van der Waals surface area (Å²) >= 11 is 13.6. The van der Waals surface area contributed by atoms with Crippen LogP contribution in [0.4, 0.5) is 5.00 Å². The molecule has 1 aromatic carbocycles. The molecule has 0 saturated carbocycles. The highest BCUT2D eigenvalue weighted by Crippen LogP contribution is 2.38. The van der Waals surface area contributed by atoms with Gasteiger partial charge in [0.2, 0.25) is 0 Å². The summed E-state index contributed by atoms with van der Waals surface area (Å²) in [5.74, 6) is -0.0338. The summed E-state index contributed by atoms with van der Waals surface area (Å²) < 4.78 is 0. The van der Waals surface area contributed by atoms with Gasteiger partial charge in [0.1, 0.15) is 0 Å². The van der Waals surface area contributed by atoms with Crippen LogP contribution in [0, 0.1) is 0 Å².